The first kappa shape index (κ1) is 20.7. The molecule has 0 fully saturated rings. The van der Waals surface area contributed by atoms with E-state index in [1.54, 1.807) is 13.0 Å². The fraction of sp³-hybridized carbons (Fsp3) is 0.316. The molecule has 136 valence electrons. The van der Waals surface area contributed by atoms with Crippen LogP contribution in [0.25, 0.3) is 0 Å². The van der Waals surface area contributed by atoms with Crippen molar-refractivity contribution in [2.45, 2.75) is 38.6 Å². The third-order valence-electron chi connectivity index (χ3n) is 3.16. The van der Waals surface area contributed by atoms with Crippen LogP contribution in [0.3, 0.4) is 0 Å². The first-order chi connectivity index (χ1) is 11.7. The molecular formula is C19H22F3NO2. The first-order valence-corrected chi connectivity index (χ1v) is 7.82. The van der Waals surface area contributed by atoms with Gasteiger partial charge in [-0.25, -0.2) is 0 Å². The molecular weight excluding hydrogens is 331 g/mol. The van der Waals surface area contributed by atoms with Gasteiger partial charge in [0.1, 0.15) is 12.1 Å². The molecule has 2 atom stereocenters. The number of rotatable bonds is 4. The first-order valence-electron chi connectivity index (χ1n) is 7.82. The van der Waals surface area contributed by atoms with E-state index in [9.17, 15) is 18.0 Å². The lowest BCUT2D eigenvalue weighted by Gasteiger charge is -2.14. The Morgan fingerprint density at radius 3 is 1.88 bits per heavy atom. The molecule has 2 N–H and O–H groups in total. The van der Waals surface area contributed by atoms with Crippen LogP contribution >= 0.6 is 0 Å². The predicted octanol–water partition coefficient (Wildman–Crippen LogP) is 4.21. The van der Waals surface area contributed by atoms with Gasteiger partial charge in [0.25, 0.3) is 0 Å². The van der Waals surface area contributed by atoms with E-state index in [-0.39, 0.29) is 12.1 Å². The van der Waals surface area contributed by atoms with Crippen LogP contribution in [0.5, 0.6) is 0 Å². The molecule has 1 unspecified atom stereocenters. The van der Waals surface area contributed by atoms with Crippen molar-refractivity contribution in [3.63, 3.8) is 0 Å². The third-order valence-corrected chi connectivity index (χ3v) is 3.16. The third kappa shape index (κ3) is 8.35. The van der Waals surface area contributed by atoms with Gasteiger partial charge in [-0.2, -0.15) is 13.2 Å². The second kappa shape index (κ2) is 9.84. The van der Waals surface area contributed by atoms with Gasteiger partial charge >= 0.3 is 12.1 Å². The average Bonchev–Trinajstić information content (AvgIpc) is 2.56. The van der Waals surface area contributed by atoms with Crippen LogP contribution in [0.4, 0.5) is 13.2 Å². The Hall–Kier alpha value is -2.34. The van der Waals surface area contributed by atoms with Crippen LogP contribution in [0.1, 0.15) is 25.0 Å². The van der Waals surface area contributed by atoms with Gasteiger partial charge in [0.05, 0.1) is 5.56 Å². The van der Waals surface area contributed by atoms with Crippen molar-refractivity contribution in [1.82, 2.24) is 0 Å². The van der Waals surface area contributed by atoms with E-state index in [2.05, 4.69) is 0 Å². The number of carbonyl (C=O) groups is 1. The van der Waals surface area contributed by atoms with Crippen molar-refractivity contribution in [2.24, 2.45) is 5.73 Å². The summed E-state index contributed by atoms with van der Waals surface area (Å²) < 4.78 is 40.5. The van der Waals surface area contributed by atoms with Gasteiger partial charge in [0, 0.05) is 6.42 Å². The minimum absolute atomic E-state index is 0.133. The van der Waals surface area contributed by atoms with Gasteiger partial charge in [-0.05, 0) is 19.4 Å². The van der Waals surface area contributed by atoms with Crippen molar-refractivity contribution in [3.8, 4) is 0 Å². The Labute approximate surface area is 145 Å². The Bertz CT molecular complexity index is 628. The normalized spacial score (nSPS) is 13.2. The molecule has 3 nitrogen and oxygen atoms in total. The van der Waals surface area contributed by atoms with Gasteiger partial charge in [0.2, 0.25) is 0 Å². The second-order valence-corrected chi connectivity index (χ2v) is 5.59. The van der Waals surface area contributed by atoms with Crippen LogP contribution in [0, 0.1) is 0 Å². The number of halogens is 3. The maximum absolute atomic E-state index is 11.8. The molecule has 25 heavy (non-hydrogen) atoms. The van der Waals surface area contributed by atoms with Crippen molar-refractivity contribution in [1.29, 1.82) is 0 Å². The molecule has 0 aromatic heterocycles. The van der Waals surface area contributed by atoms with E-state index < -0.39 is 17.8 Å². The van der Waals surface area contributed by atoms with Crippen molar-refractivity contribution in [2.75, 3.05) is 0 Å². The summed E-state index contributed by atoms with van der Waals surface area (Å²) in [7, 11) is 0. The Morgan fingerprint density at radius 1 is 1.00 bits per heavy atom. The van der Waals surface area contributed by atoms with E-state index >= 15 is 0 Å². The minimum Gasteiger partial charge on any atom is -0.461 e. The molecule has 0 aliphatic carbocycles. The number of nitrogens with two attached hydrogens (primary N) is 1. The Kier molecular flexibility index (Phi) is 8.15. The lowest BCUT2D eigenvalue weighted by Crippen LogP contribution is -2.32. The molecule has 0 saturated heterocycles. The molecule has 0 bridgehead atoms. The topological polar surface area (TPSA) is 52.3 Å². The van der Waals surface area contributed by atoms with Crippen molar-refractivity contribution in [3.05, 3.63) is 71.8 Å². The molecule has 2 aromatic carbocycles. The number of carbonyl (C=O) groups excluding carboxylic acids is 1. The molecule has 0 aliphatic heterocycles. The van der Waals surface area contributed by atoms with E-state index in [1.165, 1.54) is 12.1 Å². The molecule has 0 amide bonds. The average molecular weight is 353 g/mol. The summed E-state index contributed by atoms with van der Waals surface area (Å²) in [5.74, 6) is -0.349. The zero-order chi connectivity index (χ0) is 18.9. The monoisotopic (exact) mass is 353 g/mol. The lowest BCUT2D eigenvalue weighted by molar-refractivity contribution is -0.149. The molecule has 0 radical (unpaired) electrons. The van der Waals surface area contributed by atoms with E-state index in [0.717, 1.165) is 24.1 Å². The zero-order valence-electron chi connectivity index (χ0n) is 14.2. The van der Waals surface area contributed by atoms with Gasteiger partial charge in [-0.15, -0.1) is 0 Å². The summed E-state index contributed by atoms with van der Waals surface area (Å²) in [6.45, 7) is 3.49. The van der Waals surface area contributed by atoms with Crippen LogP contribution in [0.15, 0.2) is 60.7 Å². The number of benzene rings is 2. The van der Waals surface area contributed by atoms with Crippen LogP contribution in [-0.2, 0) is 22.1 Å². The number of hydrogen-bond donors (Lipinski definition) is 1. The number of esters is 1. The molecule has 2 rings (SSSR count). The number of alkyl halides is 3. The van der Waals surface area contributed by atoms with Crippen LogP contribution in [-0.4, -0.2) is 18.1 Å². The largest absolute Gasteiger partial charge is 0.461 e. The maximum Gasteiger partial charge on any atom is 0.416 e. The molecule has 0 aliphatic rings. The minimum atomic E-state index is -4.21. The van der Waals surface area contributed by atoms with E-state index in [0.29, 0.717) is 0 Å². The Morgan fingerprint density at radius 2 is 1.48 bits per heavy atom. The summed E-state index contributed by atoms with van der Waals surface area (Å²) in [6.07, 6.45) is -3.62. The van der Waals surface area contributed by atoms with Crippen molar-refractivity contribution >= 4 is 5.97 Å². The van der Waals surface area contributed by atoms with Gasteiger partial charge < -0.3 is 10.5 Å². The van der Waals surface area contributed by atoms with Gasteiger partial charge in [-0.1, -0.05) is 60.7 Å². The molecule has 0 saturated carbocycles. The summed E-state index contributed by atoms with van der Waals surface area (Å²) in [4.78, 5) is 11.2. The summed E-state index contributed by atoms with van der Waals surface area (Å²) in [5.41, 5.74) is 5.96. The predicted molar refractivity (Wildman–Crippen MR) is 90.8 cm³/mol. The fourth-order valence-corrected chi connectivity index (χ4v) is 1.92. The standard InChI is InChI=1S/C12H17NO2.C7H5F3/c1-9(15-12(14)10(2)13)8-11-6-4-3-5-7-11;8-7(9,10)6-4-2-1-3-5-6/h3-7,9-10H,8,13H2,1-2H3;1-5H/t9?,10-;/m0./s1. The lowest BCUT2D eigenvalue weighted by atomic mass is 10.1. The SMILES string of the molecule is CC(Cc1ccccc1)OC(=O)[C@H](C)N.FC(F)(F)c1ccccc1. The number of ether oxygens (including phenoxy) is 1. The summed E-state index contributed by atoms with van der Waals surface area (Å²) >= 11 is 0. The smallest absolute Gasteiger partial charge is 0.416 e. The molecule has 0 heterocycles. The quantitative estimate of drug-likeness (QED) is 0.838. The molecule has 2 aromatic rings. The highest BCUT2D eigenvalue weighted by Crippen LogP contribution is 2.28. The maximum atomic E-state index is 11.8. The highest BCUT2D eigenvalue weighted by Gasteiger charge is 2.29. The Balaban J connectivity index is 0.000000271. The number of hydrogen-bond acceptors (Lipinski definition) is 3. The van der Waals surface area contributed by atoms with Crippen molar-refractivity contribution < 1.29 is 22.7 Å². The van der Waals surface area contributed by atoms with Gasteiger partial charge in [0.15, 0.2) is 0 Å². The molecule has 0 spiro atoms. The van der Waals surface area contributed by atoms with Crippen LogP contribution < -0.4 is 5.73 Å². The summed E-state index contributed by atoms with van der Waals surface area (Å²) in [5, 5.41) is 0. The van der Waals surface area contributed by atoms with Gasteiger partial charge in [-0.3, -0.25) is 4.79 Å². The zero-order valence-corrected chi connectivity index (χ0v) is 14.2. The summed E-state index contributed by atoms with van der Waals surface area (Å²) in [6, 6.07) is 15.7. The highest BCUT2D eigenvalue weighted by atomic mass is 19.4. The van der Waals surface area contributed by atoms with E-state index in [4.69, 9.17) is 10.5 Å². The fourth-order valence-electron chi connectivity index (χ4n) is 1.92. The van der Waals surface area contributed by atoms with E-state index in [1.807, 2.05) is 37.3 Å². The van der Waals surface area contributed by atoms with Crippen LogP contribution in [0.2, 0.25) is 0 Å². The second-order valence-electron chi connectivity index (χ2n) is 5.59. The molecule has 6 heteroatoms. The highest BCUT2D eigenvalue weighted by molar-refractivity contribution is 5.75.